The summed E-state index contributed by atoms with van der Waals surface area (Å²) < 4.78 is 51.5. The molecule has 110 valence electrons. The van der Waals surface area contributed by atoms with Crippen LogP contribution in [0.5, 0.6) is 0 Å². The van der Waals surface area contributed by atoms with Gasteiger partial charge in [-0.1, -0.05) is 28.1 Å². The van der Waals surface area contributed by atoms with Gasteiger partial charge >= 0.3 is 6.18 Å². The predicted molar refractivity (Wildman–Crippen MR) is 73.6 cm³/mol. The minimum Gasteiger partial charge on any atom is -0.294 e. The number of Topliss-reactive ketones (excluding diaryl/α,β-unsaturated/α-hetero) is 1. The van der Waals surface area contributed by atoms with Crippen LogP contribution in [0.25, 0.3) is 0 Å². The van der Waals surface area contributed by atoms with Gasteiger partial charge in [-0.05, 0) is 35.9 Å². The second kappa shape index (κ2) is 5.97. The fraction of sp³-hybridized carbons (Fsp3) is 0.133. The molecule has 0 bridgehead atoms. The zero-order valence-corrected chi connectivity index (χ0v) is 12.1. The highest BCUT2D eigenvalue weighted by Gasteiger charge is 2.30. The maximum atomic E-state index is 13.2. The van der Waals surface area contributed by atoms with Crippen LogP contribution < -0.4 is 0 Å². The molecule has 0 atom stereocenters. The van der Waals surface area contributed by atoms with Gasteiger partial charge in [0.15, 0.2) is 5.78 Å². The lowest BCUT2D eigenvalue weighted by Crippen LogP contribution is -2.09. The Balaban J connectivity index is 2.24. The molecule has 2 rings (SSSR count). The van der Waals surface area contributed by atoms with Crippen LogP contribution in [-0.4, -0.2) is 5.78 Å². The summed E-state index contributed by atoms with van der Waals surface area (Å²) in [6.45, 7) is 0. The highest BCUT2D eigenvalue weighted by atomic mass is 79.9. The number of hydrogen-bond acceptors (Lipinski definition) is 1. The van der Waals surface area contributed by atoms with E-state index in [1.165, 1.54) is 24.3 Å². The SMILES string of the molecule is O=C(Cc1cc(F)cc(Br)c1)c1cccc(C(F)(F)F)c1. The van der Waals surface area contributed by atoms with Crippen LogP contribution in [0.2, 0.25) is 0 Å². The Hall–Kier alpha value is -1.69. The summed E-state index contributed by atoms with van der Waals surface area (Å²) in [5, 5.41) is 0. The molecule has 0 spiro atoms. The molecule has 2 aromatic carbocycles. The van der Waals surface area contributed by atoms with Gasteiger partial charge in [0.05, 0.1) is 5.56 Å². The molecule has 21 heavy (non-hydrogen) atoms. The van der Waals surface area contributed by atoms with Crippen molar-refractivity contribution in [2.75, 3.05) is 0 Å². The molecule has 6 heteroatoms. The Morgan fingerprint density at radius 2 is 1.81 bits per heavy atom. The van der Waals surface area contributed by atoms with Crippen LogP contribution in [-0.2, 0) is 12.6 Å². The number of hydrogen-bond donors (Lipinski definition) is 0. The van der Waals surface area contributed by atoms with E-state index in [1.54, 1.807) is 6.07 Å². The van der Waals surface area contributed by atoms with E-state index in [1.807, 2.05) is 0 Å². The summed E-state index contributed by atoms with van der Waals surface area (Å²) in [5.41, 5.74) is -0.539. The van der Waals surface area contributed by atoms with Gasteiger partial charge in [-0.2, -0.15) is 13.2 Å². The van der Waals surface area contributed by atoms with E-state index in [0.717, 1.165) is 12.1 Å². The van der Waals surface area contributed by atoms with Gasteiger partial charge in [-0.15, -0.1) is 0 Å². The van der Waals surface area contributed by atoms with Crippen molar-refractivity contribution in [2.24, 2.45) is 0 Å². The second-order valence-corrected chi connectivity index (χ2v) is 5.37. The zero-order chi connectivity index (χ0) is 15.6. The summed E-state index contributed by atoms with van der Waals surface area (Å²) in [7, 11) is 0. The number of alkyl halides is 3. The third-order valence-electron chi connectivity index (χ3n) is 2.80. The summed E-state index contributed by atoms with van der Waals surface area (Å²) in [6, 6.07) is 8.15. The van der Waals surface area contributed by atoms with Gasteiger partial charge in [-0.3, -0.25) is 4.79 Å². The Morgan fingerprint density at radius 1 is 1.10 bits per heavy atom. The van der Waals surface area contributed by atoms with E-state index < -0.39 is 23.3 Å². The first-order valence-corrected chi connectivity index (χ1v) is 6.70. The quantitative estimate of drug-likeness (QED) is 0.554. The average molecular weight is 361 g/mol. The maximum absolute atomic E-state index is 13.2. The number of carbonyl (C=O) groups is 1. The summed E-state index contributed by atoms with van der Waals surface area (Å²) in [5.74, 6) is -1.02. The Labute approximate surface area is 126 Å². The van der Waals surface area contributed by atoms with E-state index in [2.05, 4.69) is 15.9 Å². The molecule has 1 nitrogen and oxygen atoms in total. The normalized spacial score (nSPS) is 11.5. The van der Waals surface area contributed by atoms with Gasteiger partial charge in [0.25, 0.3) is 0 Å². The molecule has 0 saturated carbocycles. The Morgan fingerprint density at radius 3 is 2.43 bits per heavy atom. The maximum Gasteiger partial charge on any atom is 0.416 e. The molecule has 0 fully saturated rings. The first-order chi connectivity index (χ1) is 9.75. The molecule has 0 heterocycles. The molecule has 2 aromatic rings. The molecule has 0 aliphatic heterocycles. The van der Waals surface area contributed by atoms with Crippen molar-refractivity contribution in [3.05, 3.63) is 69.4 Å². The van der Waals surface area contributed by atoms with Crippen LogP contribution in [0, 0.1) is 5.82 Å². The number of rotatable bonds is 3. The van der Waals surface area contributed by atoms with Crippen LogP contribution in [0.3, 0.4) is 0 Å². The monoisotopic (exact) mass is 360 g/mol. The van der Waals surface area contributed by atoms with Crippen molar-refractivity contribution >= 4 is 21.7 Å². The van der Waals surface area contributed by atoms with Crippen molar-refractivity contribution in [3.63, 3.8) is 0 Å². The predicted octanol–water partition coefficient (Wildman–Crippen LogP) is 5.03. The molecule has 0 aliphatic rings. The molecule has 0 aliphatic carbocycles. The average Bonchev–Trinajstić information content (AvgIpc) is 2.36. The molecule has 0 aromatic heterocycles. The minimum absolute atomic E-state index is 0.0507. The van der Waals surface area contributed by atoms with Crippen molar-refractivity contribution in [1.29, 1.82) is 0 Å². The van der Waals surface area contributed by atoms with Gasteiger partial charge in [-0.25, -0.2) is 4.39 Å². The zero-order valence-electron chi connectivity index (χ0n) is 10.5. The minimum atomic E-state index is -4.50. The number of benzene rings is 2. The summed E-state index contributed by atoms with van der Waals surface area (Å²) in [6.07, 6.45) is -4.67. The van der Waals surface area contributed by atoms with E-state index in [4.69, 9.17) is 0 Å². The second-order valence-electron chi connectivity index (χ2n) is 4.46. The summed E-state index contributed by atoms with van der Waals surface area (Å²) >= 11 is 3.10. The summed E-state index contributed by atoms with van der Waals surface area (Å²) in [4.78, 5) is 12.0. The smallest absolute Gasteiger partial charge is 0.294 e. The first kappa shape index (κ1) is 15.7. The highest BCUT2D eigenvalue weighted by molar-refractivity contribution is 9.10. The van der Waals surface area contributed by atoms with Crippen LogP contribution in [0.1, 0.15) is 21.5 Å². The van der Waals surface area contributed by atoms with E-state index >= 15 is 0 Å². The van der Waals surface area contributed by atoms with Gasteiger partial charge < -0.3 is 0 Å². The fourth-order valence-corrected chi connectivity index (χ4v) is 2.38. The largest absolute Gasteiger partial charge is 0.416 e. The third kappa shape index (κ3) is 4.14. The van der Waals surface area contributed by atoms with Crippen molar-refractivity contribution in [3.8, 4) is 0 Å². The number of halogens is 5. The van der Waals surface area contributed by atoms with E-state index in [0.29, 0.717) is 10.0 Å². The van der Waals surface area contributed by atoms with Crippen LogP contribution in [0.4, 0.5) is 17.6 Å². The third-order valence-corrected chi connectivity index (χ3v) is 3.26. The first-order valence-electron chi connectivity index (χ1n) is 5.91. The van der Waals surface area contributed by atoms with E-state index in [-0.39, 0.29) is 12.0 Å². The lowest BCUT2D eigenvalue weighted by atomic mass is 10.0. The van der Waals surface area contributed by atoms with Crippen molar-refractivity contribution in [1.82, 2.24) is 0 Å². The van der Waals surface area contributed by atoms with Crippen LogP contribution >= 0.6 is 15.9 Å². The number of carbonyl (C=O) groups excluding carboxylic acids is 1. The highest BCUT2D eigenvalue weighted by Crippen LogP contribution is 2.29. The van der Waals surface area contributed by atoms with E-state index in [9.17, 15) is 22.4 Å². The van der Waals surface area contributed by atoms with Gasteiger partial charge in [0, 0.05) is 16.5 Å². The lowest BCUT2D eigenvalue weighted by Gasteiger charge is -2.08. The molecule has 0 radical (unpaired) electrons. The van der Waals surface area contributed by atoms with Crippen molar-refractivity contribution in [2.45, 2.75) is 12.6 Å². The molecule has 0 amide bonds. The van der Waals surface area contributed by atoms with Gasteiger partial charge in [0.1, 0.15) is 5.82 Å². The molecule has 0 N–H and O–H groups in total. The van der Waals surface area contributed by atoms with Crippen molar-refractivity contribution < 1.29 is 22.4 Å². The standard InChI is InChI=1S/C15H9BrF4O/c16-12-4-9(5-13(17)8-12)6-14(21)10-2-1-3-11(7-10)15(18,19)20/h1-5,7-8H,6H2. The lowest BCUT2D eigenvalue weighted by molar-refractivity contribution is -0.137. The van der Waals surface area contributed by atoms with Crippen LogP contribution in [0.15, 0.2) is 46.9 Å². The molecule has 0 unspecified atom stereocenters. The molecular weight excluding hydrogens is 352 g/mol. The topological polar surface area (TPSA) is 17.1 Å². The van der Waals surface area contributed by atoms with Gasteiger partial charge in [0.2, 0.25) is 0 Å². The Kier molecular flexibility index (Phi) is 4.46. The number of ketones is 1. The molecular formula is C15H9BrF4O. The molecule has 0 saturated heterocycles. The fourth-order valence-electron chi connectivity index (χ4n) is 1.87. The Bertz CT molecular complexity index is 659.